The first kappa shape index (κ1) is 14.3. The quantitative estimate of drug-likeness (QED) is 0.751. The average molecular weight is 273 g/mol. The molecule has 0 aliphatic carbocycles. The maximum atomic E-state index is 11.6. The van der Waals surface area contributed by atoms with Crippen molar-refractivity contribution in [2.75, 3.05) is 5.32 Å². The molecule has 0 saturated carbocycles. The Bertz CT molecular complexity index is 414. The fourth-order valence-corrected chi connectivity index (χ4v) is 1.58. The number of anilines is 1. The van der Waals surface area contributed by atoms with Crippen LogP contribution in [-0.2, 0) is 4.79 Å². The van der Waals surface area contributed by atoms with Gasteiger partial charge in [0.15, 0.2) is 0 Å². The van der Waals surface area contributed by atoms with Gasteiger partial charge in [-0.2, -0.15) is 0 Å². The monoisotopic (exact) mass is 273 g/mol. The van der Waals surface area contributed by atoms with Crippen LogP contribution in [-0.4, -0.2) is 37.9 Å². The van der Waals surface area contributed by atoms with Gasteiger partial charge in [0, 0.05) is 17.6 Å². The summed E-state index contributed by atoms with van der Waals surface area (Å²) in [6.07, 6.45) is -0.148. The van der Waals surface area contributed by atoms with Crippen molar-refractivity contribution in [2.24, 2.45) is 5.41 Å². The zero-order chi connectivity index (χ0) is 13.8. The lowest BCUT2D eigenvalue weighted by molar-refractivity contribution is -0.138. The molecule has 0 spiro atoms. The number of nitrogens with zero attached hydrogens (tertiary/aromatic N) is 3. The van der Waals surface area contributed by atoms with E-state index >= 15 is 0 Å². The summed E-state index contributed by atoms with van der Waals surface area (Å²) in [6.45, 7) is 5.56. The molecule has 18 heavy (non-hydrogen) atoms. The molecule has 0 fully saturated rings. The van der Waals surface area contributed by atoms with E-state index in [-0.39, 0.29) is 17.0 Å². The van der Waals surface area contributed by atoms with E-state index in [4.69, 9.17) is 5.11 Å². The summed E-state index contributed by atoms with van der Waals surface area (Å²) >= 11 is 0.939. The van der Waals surface area contributed by atoms with E-state index in [1.54, 1.807) is 0 Å². The van der Waals surface area contributed by atoms with Crippen LogP contribution in [0, 0.1) is 5.41 Å². The van der Waals surface area contributed by atoms with E-state index in [0.29, 0.717) is 0 Å². The number of carbonyl (C=O) groups excluding carboxylic acids is 1. The van der Waals surface area contributed by atoms with Gasteiger partial charge in [0.25, 0.3) is 0 Å². The maximum Gasteiger partial charge on any atom is 0.321 e. The first-order valence-corrected chi connectivity index (χ1v) is 6.00. The number of carboxylic acid groups (broad SMARTS) is 1. The average Bonchev–Trinajstić information content (AvgIpc) is 2.67. The molecule has 100 valence electrons. The van der Waals surface area contributed by atoms with Crippen molar-refractivity contribution >= 4 is 28.7 Å². The minimum Gasteiger partial charge on any atom is -0.481 e. The minimum absolute atomic E-state index is 0.148. The topological polar surface area (TPSA) is 117 Å². The fraction of sp³-hybridized carbons (Fsp3) is 0.667. The first-order chi connectivity index (χ1) is 8.29. The molecule has 3 N–H and O–H groups in total. The molecular formula is C9H15N5O3S. The number of amides is 2. The molecule has 0 radical (unpaired) electrons. The highest BCUT2D eigenvalue weighted by Crippen LogP contribution is 2.22. The Hall–Kier alpha value is -1.77. The molecule has 1 aromatic heterocycles. The van der Waals surface area contributed by atoms with E-state index in [1.807, 2.05) is 20.8 Å². The van der Waals surface area contributed by atoms with E-state index in [0.717, 1.165) is 11.5 Å². The lowest BCUT2D eigenvalue weighted by Gasteiger charge is -2.30. The molecule has 9 heteroatoms. The molecule has 0 aromatic carbocycles. The predicted octanol–water partition coefficient (Wildman–Crippen LogP) is 0.944. The summed E-state index contributed by atoms with van der Waals surface area (Å²) in [5.74, 6) is -0.965. The Balaban J connectivity index is 2.60. The van der Waals surface area contributed by atoms with Crippen LogP contribution in [0.25, 0.3) is 0 Å². The van der Waals surface area contributed by atoms with Crippen LogP contribution in [0.4, 0.5) is 9.93 Å². The number of urea groups is 1. The van der Waals surface area contributed by atoms with Gasteiger partial charge in [-0.05, 0) is 10.6 Å². The third-order valence-electron chi connectivity index (χ3n) is 2.25. The van der Waals surface area contributed by atoms with Gasteiger partial charge in [-0.3, -0.25) is 10.1 Å². The van der Waals surface area contributed by atoms with Crippen LogP contribution in [0.15, 0.2) is 0 Å². The molecule has 1 heterocycles. The van der Waals surface area contributed by atoms with Crippen molar-refractivity contribution in [3.63, 3.8) is 0 Å². The van der Waals surface area contributed by atoms with Gasteiger partial charge in [-0.1, -0.05) is 30.4 Å². The standard InChI is InChI=1S/C9H15N5O3S/c1-9(2,3)5(4-6(15)16)10-7(17)11-8-12-13-14-18-8/h5H,4H2,1-3H3,(H,15,16)(H2,10,11,12,14,17). The lowest BCUT2D eigenvalue weighted by Crippen LogP contribution is -2.46. The second kappa shape index (κ2) is 5.71. The van der Waals surface area contributed by atoms with Crippen LogP contribution in [0.5, 0.6) is 0 Å². The minimum atomic E-state index is -0.965. The molecule has 2 amide bonds. The van der Waals surface area contributed by atoms with Crippen LogP contribution < -0.4 is 10.6 Å². The van der Waals surface area contributed by atoms with Crippen LogP contribution in [0.1, 0.15) is 27.2 Å². The first-order valence-electron chi connectivity index (χ1n) is 5.23. The van der Waals surface area contributed by atoms with Gasteiger partial charge < -0.3 is 10.4 Å². The van der Waals surface area contributed by atoms with Crippen LogP contribution >= 0.6 is 11.5 Å². The second-order valence-corrected chi connectivity index (χ2v) is 5.52. The summed E-state index contributed by atoms with van der Waals surface area (Å²) < 4.78 is 3.50. The molecule has 0 aliphatic heterocycles. The van der Waals surface area contributed by atoms with Gasteiger partial charge in [0.05, 0.1) is 6.42 Å². The highest BCUT2D eigenvalue weighted by molar-refractivity contribution is 7.09. The lowest BCUT2D eigenvalue weighted by atomic mass is 9.85. The highest BCUT2D eigenvalue weighted by Gasteiger charge is 2.28. The van der Waals surface area contributed by atoms with E-state index in [2.05, 4.69) is 25.4 Å². The summed E-state index contributed by atoms with van der Waals surface area (Å²) in [6, 6.07) is -1.01. The van der Waals surface area contributed by atoms with Gasteiger partial charge in [-0.25, -0.2) is 4.79 Å². The molecule has 0 bridgehead atoms. The number of aromatic nitrogens is 3. The molecule has 1 rings (SSSR count). The molecule has 0 saturated heterocycles. The Labute approximate surface area is 108 Å². The number of carboxylic acids is 1. The summed E-state index contributed by atoms with van der Waals surface area (Å²) in [5, 5.41) is 21.0. The summed E-state index contributed by atoms with van der Waals surface area (Å²) in [7, 11) is 0. The molecule has 8 nitrogen and oxygen atoms in total. The number of nitrogens with one attached hydrogen (secondary N) is 2. The van der Waals surface area contributed by atoms with E-state index in [1.165, 1.54) is 0 Å². The number of hydrogen-bond donors (Lipinski definition) is 3. The third kappa shape index (κ3) is 4.62. The number of carbonyl (C=O) groups is 2. The highest BCUT2D eigenvalue weighted by atomic mass is 32.1. The molecule has 0 aliphatic rings. The maximum absolute atomic E-state index is 11.6. The van der Waals surface area contributed by atoms with Crippen molar-refractivity contribution < 1.29 is 14.7 Å². The zero-order valence-electron chi connectivity index (χ0n) is 10.3. The van der Waals surface area contributed by atoms with Crippen molar-refractivity contribution in [1.29, 1.82) is 0 Å². The Morgan fingerprint density at radius 3 is 2.56 bits per heavy atom. The summed E-state index contributed by atoms with van der Waals surface area (Å²) in [4.78, 5) is 22.4. The van der Waals surface area contributed by atoms with Crippen molar-refractivity contribution in [3.8, 4) is 0 Å². The van der Waals surface area contributed by atoms with E-state index in [9.17, 15) is 9.59 Å². The Morgan fingerprint density at radius 2 is 2.11 bits per heavy atom. The molecular weight excluding hydrogens is 258 g/mol. The molecule has 1 aromatic rings. The largest absolute Gasteiger partial charge is 0.481 e. The van der Waals surface area contributed by atoms with E-state index < -0.39 is 18.0 Å². The Kier molecular flexibility index (Phi) is 4.54. The zero-order valence-corrected chi connectivity index (χ0v) is 11.1. The van der Waals surface area contributed by atoms with Crippen LogP contribution in [0.3, 0.4) is 0 Å². The fourth-order valence-electron chi connectivity index (χ4n) is 1.22. The third-order valence-corrected chi connectivity index (χ3v) is 2.76. The number of hydrogen-bond acceptors (Lipinski definition) is 6. The van der Waals surface area contributed by atoms with Gasteiger partial charge in [0.2, 0.25) is 5.13 Å². The normalized spacial score (nSPS) is 12.8. The number of aliphatic carboxylic acids is 1. The second-order valence-electron chi connectivity index (χ2n) is 4.78. The van der Waals surface area contributed by atoms with Gasteiger partial charge in [-0.15, -0.1) is 0 Å². The Morgan fingerprint density at radius 1 is 1.44 bits per heavy atom. The van der Waals surface area contributed by atoms with Crippen LogP contribution in [0.2, 0.25) is 0 Å². The number of rotatable bonds is 4. The SMILES string of the molecule is CC(C)(C)C(CC(=O)O)NC(=O)Nc1nnns1. The van der Waals surface area contributed by atoms with Crippen molar-refractivity contribution in [3.05, 3.63) is 0 Å². The molecule has 1 atom stereocenters. The van der Waals surface area contributed by atoms with Gasteiger partial charge in [0.1, 0.15) is 0 Å². The predicted molar refractivity (Wildman–Crippen MR) is 65.4 cm³/mol. The van der Waals surface area contributed by atoms with Gasteiger partial charge >= 0.3 is 12.0 Å². The van der Waals surface area contributed by atoms with Crippen molar-refractivity contribution in [1.82, 2.24) is 20.1 Å². The molecule has 1 unspecified atom stereocenters. The van der Waals surface area contributed by atoms with Crippen molar-refractivity contribution in [2.45, 2.75) is 33.2 Å². The smallest absolute Gasteiger partial charge is 0.321 e. The summed E-state index contributed by atoms with van der Waals surface area (Å²) in [5.41, 5.74) is -0.366.